The minimum absolute atomic E-state index is 0.319. The predicted octanol–water partition coefficient (Wildman–Crippen LogP) is 3.11. The molecule has 0 unspecified atom stereocenters. The number of hydrogen-bond donors (Lipinski definition) is 0. The maximum Gasteiger partial charge on any atom is 0.341 e. The van der Waals surface area contributed by atoms with Crippen molar-refractivity contribution >= 4 is 23.6 Å². The Balaban J connectivity index is 2.09. The van der Waals surface area contributed by atoms with Crippen LogP contribution in [0.3, 0.4) is 0 Å². The van der Waals surface area contributed by atoms with E-state index in [2.05, 4.69) is 6.08 Å². The van der Waals surface area contributed by atoms with E-state index >= 15 is 0 Å². The van der Waals surface area contributed by atoms with Crippen molar-refractivity contribution in [3.8, 4) is 0 Å². The van der Waals surface area contributed by atoms with E-state index in [4.69, 9.17) is 4.74 Å². The maximum absolute atomic E-state index is 12.0. The topological polar surface area (TPSA) is 43.4 Å². The largest absolute Gasteiger partial charge is 0.390 e. The zero-order valence-corrected chi connectivity index (χ0v) is 10.5. The molecule has 0 spiro atoms. The zero-order chi connectivity index (χ0) is 13.2. The predicted molar refractivity (Wildman–Crippen MR) is 72.0 cm³/mol. The van der Waals surface area contributed by atoms with Crippen molar-refractivity contribution in [3.05, 3.63) is 47.0 Å². The van der Waals surface area contributed by atoms with Gasteiger partial charge >= 0.3 is 11.9 Å². The Morgan fingerprint density at radius 3 is 2.74 bits per heavy atom. The molecular weight excluding hydrogens is 240 g/mol. The van der Waals surface area contributed by atoms with Crippen molar-refractivity contribution in [1.29, 1.82) is 0 Å². The van der Waals surface area contributed by atoms with E-state index in [0.29, 0.717) is 24.8 Å². The summed E-state index contributed by atoms with van der Waals surface area (Å²) in [5.41, 5.74) is 3.84. The summed E-state index contributed by atoms with van der Waals surface area (Å²) in [7, 11) is 0. The van der Waals surface area contributed by atoms with Crippen LogP contribution >= 0.6 is 0 Å². The third-order valence-electron chi connectivity index (χ3n) is 3.53. The number of cyclic esters (lactones) is 2. The number of hydrogen-bond acceptors (Lipinski definition) is 3. The van der Waals surface area contributed by atoms with Crippen LogP contribution in [0.5, 0.6) is 0 Å². The third-order valence-corrected chi connectivity index (χ3v) is 3.53. The van der Waals surface area contributed by atoms with Crippen LogP contribution in [0.2, 0.25) is 0 Å². The molecule has 0 aromatic heterocycles. The Morgan fingerprint density at radius 1 is 1.00 bits per heavy atom. The van der Waals surface area contributed by atoms with Crippen LogP contribution < -0.4 is 0 Å². The average molecular weight is 254 g/mol. The number of rotatable bonds is 0. The fraction of sp³-hybridized carbons (Fsp3) is 0.250. The molecule has 0 saturated carbocycles. The van der Waals surface area contributed by atoms with Gasteiger partial charge in [-0.1, -0.05) is 36.4 Å². The van der Waals surface area contributed by atoms with Gasteiger partial charge in [0, 0.05) is 12.0 Å². The molecule has 1 saturated heterocycles. The van der Waals surface area contributed by atoms with Gasteiger partial charge in [0.2, 0.25) is 0 Å². The Bertz CT molecular complexity index is 608. The zero-order valence-electron chi connectivity index (χ0n) is 10.5. The molecule has 3 nitrogen and oxygen atoms in total. The van der Waals surface area contributed by atoms with Crippen molar-refractivity contribution in [1.82, 2.24) is 0 Å². The molecule has 2 aliphatic rings. The van der Waals surface area contributed by atoms with Crippen LogP contribution in [-0.4, -0.2) is 11.9 Å². The maximum atomic E-state index is 12.0. The summed E-state index contributed by atoms with van der Waals surface area (Å²) >= 11 is 0. The number of carbonyl (C=O) groups excluding carboxylic acids is 2. The summed E-state index contributed by atoms with van der Waals surface area (Å²) in [4.78, 5) is 23.3. The smallest absolute Gasteiger partial charge is 0.341 e. The molecule has 1 aromatic carbocycles. The second-order valence-corrected chi connectivity index (χ2v) is 4.77. The van der Waals surface area contributed by atoms with E-state index in [1.807, 2.05) is 30.3 Å². The molecule has 3 rings (SSSR count). The quantitative estimate of drug-likeness (QED) is 0.406. The lowest BCUT2D eigenvalue weighted by Gasteiger charge is -2.17. The molecule has 1 aromatic rings. The van der Waals surface area contributed by atoms with Crippen LogP contribution in [0, 0.1) is 0 Å². The SMILES string of the molecule is O=C1CCCC(=C2CC=Cc3ccccc32)C(=O)O1. The second-order valence-electron chi connectivity index (χ2n) is 4.77. The molecule has 1 aliphatic heterocycles. The van der Waals surface area contributed by atoms with Crippen molar-refractivity contribution in [2.75, 3.05) is 0 Å². The van der Waals surface area contributed by atoms with Crippen molar-refractivity contribution in [2.24, 2.45) is 0 Å². The van der Waals surface area contributed by atoms with E-state index in [1.165, 1.54) is 0 Å². The van der Waals surface area contributed by atoms with E-state index in [9.17, 15) is 9.59 Å². The molecule has 1 aliphatic carbocycles. The summed E-state index contributed by atoms with van der Waals surface area (Å²) in [5.74, 6) is -0.886. The Kier molecular flexibility index (Phi) is 3.03. The molecule has 0 bridgehead atoms. The highest BCUT2D eigenvalue weighted by molar-refractivity contribution is 6.04. The van der Waals surface area contributed by atoms with Gasteiger partial charge in [-0.2, -0.15) is 0 Å². The lowest BCUT2D eigenvalue weighted by atomic mass is 9.87. The van der Waals surface area contributed by atoms with Crippen LogP contribution in [0.25, 0.3) is 11.6 Å². The average Bonchev–Trinajstić information content (AvgIpc) is 2.59. The van der Waals surface area contributed by atoms with E-state index in [-0.39, 0.29) is 0 Å². The standard InChI is InChI=1S/C16H14O3/c17-15-10-4-9-14(16(18)19-15)13-8-3-6-11-5-1-2-7-12(11)13/h1-3,5-7H,4,8-10H2. The molecule has 1 heterocycles. The van der Waals surface area contributed by atoms with Gasteiger partial charge in [-0.3, -0.25) is 4.79 Å². The van der Waals surface area contributed by atoms with Gasteiger partial charge in [0.05, 0.1) is 0 Å². The second kappa shape index (κ2) is 4.84. The van der Waals surface area contributed by atoms with Gasteiger partial charge in [-0.25, -0.2) is 4.79 Å². The monoisotopic (exact) mass is 254 g/mol. The molecular formula is C16H14O3. The van der Waals surface area contributed by atoms with E-state index in [0.717, 1.165) is 23.1 Å². The first-order valence-electron chi connectivity index (χ1n) is 6.48. The third kappa shape index (κ3) is 2.24. The Hall–Kier alpha value is -2.16. The minimum Gasteiger partial charge on any atom is -0.390 e. The highest BCUT2D eigenvalue weighted by Gasteiger charge is 2.25. The fourth-order valence-electron chi connectivity index (χ4n) is 2.62. The fourth-order valence-corrected chi connectivity index (χ4v) is 2.62. The Labute approximate surface area is 111 Å². The van der Waals surface area contributed by atoms with Crippen LogP contribution in [-0.2, 0) is 14.3 Å². The van der Waals surface area contributed by atoms with Crippen LogP contribution in [0.4, 0.5) is 0 Å². The number of allylic oxidation sites excluding steroid dienone is 2. The van der Waals surface area contributed by atoms with Gasteiger partial charge < -0.3 is 4.74 Å². The summed E-state index contributed by atoms with van der Waals surface area (Å²) in [5, 5.41) is 0. The molecule has 96 valence electrons. The van der Waals surface area contributed by atoms with Gasteiger partial charge in [-0.15, -0.1) is 0 Å². The summed E-state index contributed by atoms with van der Waals surface area (Å²) < 4.78 is 4.83. The van der Waals surface area contributed by atoms with Crippen LogP contribution in [0.1, 0.15) is 36.8 Å². The van der Waals surface area contributed by atoms with E-state index in [1.54, 1.807) is 0 Å². The lowest BCUT2D eigenvalue weighted by molar-refractivity contribution is -0.155. The van der Waals surface area contributed by atoms with Crippen molar-refractivity contribution in [2.45, 2.75) is 25.7 Å². The van der Waals surface area contributed by atoms with Crippen molar-refractivity contribution in [3.63, 3.8) is 0 Å². The molecule has 0 amide bonds. The minimum atomic E-state index is -0.470. The van der Waals surface area contributed by atoms with Gasteiger partial charge in [-0.05, 0) is 36.0 Å². The van der Waals surface area contributed by atoms with Gasteiger partial charge in [0.15, 0.2) is 0 Å². The molecule has 19 heavy (non-hydrogen) atoms. The molecule has 0 N–H and O–H groups in total. The first-order valence-corrected chi connectivity index (χ1v) is 6.48. The number of fused-ring (bicyclic) bond motifs is 1. The van der Waals surface area contributed by atoms with Crippen LogP contribution in [0.15, 0.2) is 35.9 Å². The molecule has 0 atom stereocenters. The molecule has 1 fully saturated rings. The van der Waals surface area contributed by atoms with Gasteiger partial charge in [0.25, 0.3) is 0 Å². The number of benzene rings is 1. The highest BCUT2D eigenvalue weighted by Crippen LogP contribution is 2.34. The molecule has 0 radical (unpaired) electrons. The molecule has 3 heteroatoms. The lowest BCUT2D eigenvalue weighted by Crippen LogP contribution is -2.12. The Morgan fingerprint density at radius 2 is 1.84 bits per heavy atom. The number of carbonyl (C=O) groups is 2. The summed E-state index contributed by atoms with van der Waals surface area (Å²) in [6.45, 7) is 0. The van der Waals surface area contributed by atoms with E-state index < -0.39 is 11.9 Å². The van der Waals surface area contributed by atoms with Gasteiger partial charge in [0.1, 0.15) is 0 Å². The normalized spacial score (nSPS) is 22.7. The summed E-state index contributed by atoms with van der Waals surface area (Å²) in [6, 6.07) is 7.98. The number of ether oxygens (including phenoxy) is 1. The first-order chi connectivity index (χ1) is 9.25. The first kappa shape index (κ1) is 11.9. The highest BCUT2D eigenvalue weighted by atomic mass is 16.6. The summed E-state index contributed by atoms with van der Waals surface area (Å²) in [6.07, 6.45) is 6.43. The van der Waals surface area contributed by atoms with Crippen molar-refractivity contribution < 1.29 is 14.3 Å². The number of esters is 2.